The van der Waals surface area contributed by atoms with Gasteiger partial charge >= 0.3 is 0 Å². The normalized spacial score (nSPS) is 25.8. The van der Waals surface area contributed by atoms with Gasteiger partial charge in [0.25, 0.3) is 0 Å². The smallest absolute Gasteiger partial charge is 0.248 e. The lowest BCUT2D eigenvalue weighted by atomic mass is 9.79. The Bertz CT molecular complexity index is 598. The molecule has 0 spiro atoms. The lowest BCUT2D eigenvalue weighted by Gasteiger charge is -2.35. The van der Waals surface area contributed by atoms with E-state index in [1.165, 1.54) is 4.90 Å². The Labute approximate surface area is 178 Å². The van der Waals surface area contributed by atoms with E-state index in [0.717, 1.165) is 25.9 Å². The van der Waals surface area contributed by atoms with Crippen molar-refractivity contribution in [2.75, 3.05) is 26.2 Å². The highest BCUT2D eigenvalue weighted by Crippen LogP contribution is 2.35. The summed E-state index contributed by atoms with van der Waals surface area (Å²) in [6.07, 6.45) is 1.82. The molecule has 0 aromatic heterocycles. The van der Waals surface area contributed by atoms with E-state index in [1.54, 1.807) is 0 Å². The molecule has 0 aromatic carbocycles. The molecule has 2 rings (SSSR count). The zero-order chi connectivity index (χ0) is 22.4. The molecule has 0 bridgehead atoms. The molecular weight excluding hydrogens is 393 g/mol. The van der Waals surface area contributed by atoms with Crippen molar-refractivity contribution in [1.82, 2.24) is 15.5 Å². The molecule has 1 aliphatic carbocycles. The van der Waals surface area contributed by atoms with Crippen LogP contribution in [0.5, 0.6) is 0 Å². The number of carbonyl (C=O) groups excluding carboxylic acids is 1. The Morgan fingerprint density at radius 1 is 1.33 bits per heavy atom. The Kier molecular flexibility index (Phi) is 8.98. The van der Waals surface area contributed by atoms with Crippen molar-refractivity contribution >= 4 is 5.91 Å². The number of nitrogens with zero attached hydrogens (tertiary/aromatic N) is 2. The molecule has 2 N–H and O–H groups in total. The molecule has 3 unspecified atom stereocenters. The maximum absolute atomic E-state index is 13.6. The molecule has 1 amide bonds. The lowest BCUT2D eigenvalue weighted by molar-refractivity contribution is -0.130. The molecule has 8 heteroatoms. The van der Waals surface area contributed by atoms with Gasteiger partial charge in [0.1, 0.15) is 12.2 Å². The number of hydrogen-bond donors (Lipinski definition) is 2. The summed E-state index contributed by atoms with van der Waals surface area (Å²) in [5, 5.41) is 15.9. The number of alkyl halides is 3. The number of rotatable bonds is 10. The molecule has 30 heavy (non-hydrogen) atoms. The fraction of sp³-hybridized carbons (Fsp3) is 0.909. The van der Waals surface area contributed by atoms with Crippen LogP contribution in [0.2, 0.25) is 0 Å². The van der Waals surface area contributed by atoms with Crippen LogP contribution in [0.25, 0.3) is 0 Å². The third-order valence-corrected chi connectivity index (χ3v) is 6.79. The minimum atomic E-state index is -2.48. The summed E-state index contributed by atoms with van der Waals surface area (Å²) in [4.78, 5) is 13.8. The van der Waals surface area contributed by atoms with Crippen LogP contribution < -0.4 is 10.6 Å². The van der Waals surface area contributed by atoms with Crippen LogP contribution in [0, 0.1) is 22.7 Å². The Morgan fingerprint density at radius 2 is 2.00 bits per heavy atom. The standard InChI is InChI=1S/C22H37F3N4O/c1-4-19(28-14-20(30)29-15-17(23)11-18(29)12-26)21(2,3)9-10-27-13-16-5-7-22(24,25)8-6-16/h16-19,27-28H,4-11,13-15H2,1-3H3. The van der Waals surface area contributed by atoms with Gasteiger partial charge in [-0.15, -0.1) is 0 Å². The average molecular weight is 431 g/mol. The number of amides is 1. The van der Waals surface area contributed by atoms with E-state index < -0.39 is 18.1 Å². The van der Waals surface area contributed by atoms with E-state index >= 15 is 0 Å². The average Bonchev–Trinajstić information content (AvgIpc) is 3.07. The van der Waals surface area contributed by atoms with Gasteiger partial charge in [-0.05, 0) is 50.1 Å². The molecule has 3 atom stereocenters. The minimum Gasteiger partial charge on any atom is -0.323 e. The van der Waals surface area contributed by atoms with Crippen molar-refractivity contribution in [2.45, 2.75) is 89.9 Å². The summed E-state index contributed by atoms with van der Waals surface area (Å²) in [6, 6.07) is 1.43. The first-order valence-corrected chi connectivity index (χ1v) is 11.2. The SMILES string of the molecule is CCC(NCC(=O)N1CC(F)CC1C#N)C(C)(C)CCNCC1CCC(F)(F)CC1. The van der Waals surface area contributed by atoms with E-state index in [9.17, 15) is 18.0 Å². The molecular formula is C22H37F3N4O. The van der Waals surface area contributed by atoms with Gasteiger partial charge in [-0.2, -0.15) is 5.26 Å². The third kappa shape index (κ3) is 7.12. The van der Waals surface area contributed by atoms with E-state index in [0.29, 0.717) is 18.8 Å². The number of nitriles is 1. The second-order valence-electron chi connectivity index (χ2n) is 9.61. The van der Waals surface area contributed by atoms with E-state index in [4.69, 9.17) is 5.26 Å². The maximum atomic E-state index is 13.6. The van der Waals surface area contributed by atoms with Crippen molar-refractivity contribution in [3.63, 3.8) is 0 Å². The fourth-order valence-corrected chi connectivity index (χ4v) is 4.66. The largest absolute Gasteiger partial charge is 0.323 e. The van der Waals surface area contributed by atoms with Crippen LogP contribution in [-0.2, 0) is 4.79 Å². The van der Waals surface area contributed by atoms with Gasteiger partial charge in [-0.25, -0.2) is 13.2 Å². The molecule has 1 aliphatic heterocycles. The molecule has 2 aliphatic rings. The third-order valence-electron chi connectivity index (χ3n) is 6.79. The summed E-state index contributed by atoms with van der Waals surface area (Å²) < 4.78 is 40.1. The summed E-state index contributed by atoms with van der Waals surface area (Å²) in [5.74, 6) is -2.40. The molecule has 1 saturated heterocycles. The van der Waals surface area contributed by atoms with E-state index in [2.05, 4.69) is 31.4 Å². The first-order valence-electron chi connectivity index (χ1n) is 11.2. The molecule has 2 fully saturated rings. The quantitative estimate of drug-likeness (QED) is 0.519. The predicted octanol–water partition coefficient (Wildman–Crippen LogP) is 3.65. The van der Waals surface area contributed by atoms with Gasteiger partial charge in [0, 0.05) is 25.3 Å². The topological polar surface area (TPSA) is 68.2 Å². The molecule has 1 heterocycles. The van der Waals surface area contributed by atoms with Gasteiger partial charge in [0.2, 0.25) is 11.8 Å². The Hall–Kier alpha value is -1.33. The van der Waals surface area contributed by atoms with Crippen LogP contribution in [0.4, 0.5) is 13.2 Å². The van der Waals surface area contributed by atoms with Gasteiger partial charge < -0.3 is 15.5 Å². The molecule has 1 saturated carbocycles. The minimum absolute atomic E-state index is 0.00402. The van der Waals surface area contributed by atoms with Gasteiger partial charge in [0.05, 0.1) is 19.2 Å². The van der Waals surface area contributed by atoms with E-state index in [1.807, 2.05) is 6.07 Å². The number of halogens is 3. The highest BCUT2D eigenvalue weighted by molar-refractivity contribution is 5.79. The van der Waals surface area contributed by atoms with Crippen molar-refractivity contribution < 1.29 is 18.0 Å². The van der Waals surface area contributed by atoms with Crippen LogP contribution in [0.15, 0.2) is 0 Å². The lowest BCUT2D eigenvalue weighted by Crippen LogP contribution is -2.48. The van der Waals surface area contributed by atoms with Crippen molar-refractivity contribution in [3.05, 3.63) is 0 Å². The summed E-state index contributed by atoms with van der Waals surface area (Å²) in [5.41, 5.74) is -0.0795. The van der Waals surface area contributed by atoms with Gasteiger partial charge in [-0.1, -0.05) is 20.8 Å². The zero-order valence-electron chi connectivity index (χ0n) is 18.5. The molecule has 0 aromatic rings. The highest BCUT2D eigenvalue weighted by atomic mass is 19.3. The highest BCUT2D eigenvalue weighted by Gasteiger charge is 2.36. The van der Waals surface area contributed by atoms with Crippen LogP contribution in [-0.4, -0.2) is 61.2 Å². The van der Waals surface area contributed by atoms with E-state index in [-0.39, 0.29) is 49.7 Å². The summed E-state index contributed by atoms with van der Waals surface area (Å²) in [6.45, 7) is 8.00. The van der Waals surface area contributed by atoms with Gasteiger partial charge in [0.15, 0.2) is 0 Å². The first kappa shape index (κ1) is 24.9. The Morgan fingerprint density at radius 3 is 2.60 bits per heavy atom. The summed E-state index contributed by atoms with van der Waals surface area (Å²) >= 11 is 0. The Balaban J connectivity index is 1.72. The van der Waals surface area contributed by atoms with Gasteiger partial charge in [-0.3, -0.25) is 4.79 Å². The predicted molar refractivity (Wildman–Crippen MR) is 111 cm³/mol. The monoisotopic (exact) mass is 430 g/mol. The maximum Gasteiger partial charge on any atom is 0.248 e. The number of hydrogen-bond acceptors (Lipinski definition) is 4. The first-order chi connectivity index (χ1) is 14.1. The second-order valence-corrected chi connectivity index (χ2v) is 9.61. The van der Waals surface area contributed by atoms with Crippen molar-refractivity contribution in [2.24, 2.45) is 11.3 Å². The number of carbonyl (C=O) groups is 1. The summed E-state index contributed by atoms with van der Waals surface area (Å²) in [7, 11) is 0. The van der Waals surface area contributed by atoms with Crippen LogP contribution in [0.1, 0.15) is 65.7 Å². The number of likely N-dealkylation sites (tertiary alicyclic amines) is 1. The van der Waals surface area contributed by atoms with Crippen molar-refractivity contribution in [3.8, 4) is 6.07 Å². The fourth-order valence-electron chi connectivity index (χ4n) is 4.66. The van der Waals surface area contributed by atoms with Crippen LogP contribution >= 0.6 is 0 Å². The molecule has 172 valence electrons. The zero-order valence-corrected chi connectivity index (χ0v) is 18.5. The number of nitrogens with one attached hydrogen (secondary N) is 2. The molecule has 5 nitrogen and oxygen atoms in total. The second kappa shape index (κ2) is 10.8. The molecule has 0 radical (unpaired) electrons. The van der Waals surface area contributed by atoms with Crippen molar-refractivity contribution in [1.29, 1.82) is 5.26 Å². The van der Waals surface area contributed by atoms with Crippen LogP contribution in [0.3, 0.4) is 0 Å².